The molecule has 1 N–H and O–H groups in total. The van der Waals surface area contributed by atoms with Crippen molar-refractivity contribution in [2.24, 2.45) is 0 Å². The number of hydrogen-bond donors (Lipinski definition) is 1. The number of carbonyl (C=O) groups is 1. The van der Waals surface area contributed by atoms with E-state index < -0.39 is 11.9 Å². The van der Waals surface area contributed by atoms with Gasteiger partial charge in [-0.25, -0.2) is 0 Å². The first-order valence-corrected chi connectivity index (χ1v) is 5.89. The minimum Gasteiger partial charge on any atom is -0.493 e. The number of hydrogen-bond acceptors (Lipinski definition) is 3. The van der Waals surface area contributed by atoms with Crippen molar-refractivity contribution in [1.29, 1.82) is 0 Å². The Hall–Kier alpha value is -2.49. The molecule has 0 saturated carbocycles. The van der Waals surface area contributed by atoms with Crippen LogP contribution in [0.2, 0.25) is 0 Å². The molecule has 3 rings (SSSR count). The lowest BCUT2D eigenvalue weighted by Crippen LogP contribution is -2.18. The molecule has 0 bridgehead atoms. The zero-order valence-corrected chi connectivity index (χ0v) is 10.3. The fourth-order valence-corrected chi connectivity index (χ4v) is 2.39. The zero-order chi connectivity index (χ0) is 13.4. The van der Waals surface area contributed by atoms with E-state index in [0.717, 1.165) is 0 Å². The maximum atomic E-state index is 11.6. The molecule has 0 aliphatic carbocycles. The molecule has 0 fully saturated rings. The van der Waals surface area contributed by atoms with Crippen LogP contribution in [-0.2, 0) is 4.79 Å². The van der Waals surface area contributed by atoms with E-state index in [1.807, 2.05) is 12.1 Å². The van der Waals surface area contributed by atoms with Crippen molar-refractivity contribution in [3.63, 3.8) is 0 Å². The highest BCUT2D eigenvalue weighted by Crippen LogP contribution is 2.48. The summed E-state index contributed by atoms with van der Waals surface area (Å²) in [5.74, 6) is -0.0402. The number of carboxylic acids is 1. The number of fused-ring (bicyclic) bond motifs is 2. The smallest absolute Gasteiger partial charge is 0.315 e. The normalized spacial score (nSPS) is 15.9. The summed E-state index contributed by atoms with van der Waals surface area (Å²) < 4.78 is 11.0. The monoisotopic (exact) mass is 256 g/mol. The maximum Gasteiger partial charge on any atom is 0.315 e. The van der Waals surface area contributed by atoms with Crippen molar-refractivity contribution in [2.45, 2.75) is 5.92 Å². The van der Waals surface area contributed by atoms with Crippen LogP contribution in [0.25, 0.3) is 0 Å². The van der Waals surface area contributed by atoms with Gasteiger partial charge in [0, 0.05) is 11.1 Å². The minimum atomic E-state index is -0.898. The summed E-state index contributed by atoms with van der Waals surface area (Å²) in [5.41, 5.74) is 1.28. The summed E-state index contributed by atoms with van der Waals surface area (Å²) in [6.07, 6.45) is 0. The summed E-state index contributed by atoms with van der Waals surface area (Å²) in [6, 6.07) is 12.4. The maximum absolute atomic E-state index is 11.6. The molecular weight excluding hydrogens is 244 g/mol. The van der Waals surface area contributed by atoms with Crippen LogP contribution < -0.4 is 9.47 Å². The van der Waals surface area contributed by atoms with Gasteiger partial charge in [0.15, 0.2) is 11.5 Å². The molecule has 0 radical (unpaired) electrons. The van der Waals surface area contributed by atoms with Gasteiger partial charge in [0.2, 0.25) is 0 Å². The average Bonchev–Trinajstić information content (AvgIpc) is 2.43. The van der Waals surface area contributed by atoms with Crippen molar-refractivity contribution < 1.29 is 19.4 Å². The first-order valence-electron chi connectivity index (χ1n) is 5.89. The minimum absolute atomic E-state index is 0.483. The van der Waals surface area contributed by atoms with Gasteiger partial charge in [-0.2, -0.15) is 0 Å². The predicted octanol–water partition coefficient (Wildman–Crippen LogP) is 3.02. The molecule has 2 aromatic rings. The number of aliphatic carboxylic acids is 1. The fourth-order valence-electron chi connectivity index (χ4n) is 2.39. The molecule has 1 heterocycles. The highest BCUT2D eigenvalue weighted by atomic mass is 16.5. The first-order chi connectivity index (χ1) is 9.22. The number of para-hydroxylation sites is 2. The molecule has 0 amide bonds. The van der Waals surface area contributed by atoms with Gasteiger partial charge in [0.05, 0.1) is 7.11 Å². The number of rotatable bonds is 2. The third-order valence-corrected chi connectivity index (χ3v) is 3.23. The SMILES string of the molecule is COc1cccc2c1Oc1ccccc1[C@@H]2C(=O)O. The zero-order valence-electron chi connectivity index (χ0n) is 10.3. The van der Waals surface area contributed by atoms with Gasteiger partial charge in [0.25, 0.3) is 0 Å². The van der Waals surface area contributed by atoms with Crippen LogP contribution >= 0.6 is 0 Å². The first kappa shape index (κ1) is 11.6. The van der Waals surface area contributed by atoms with Gasteiger partial charge in [-0.05, 0) is 12.1 Å². The Morgan fingerprint density at radius 3 is 2.63 bits per heavy atom. The second kappa shape index (κ2) is 4.31. The van der Waals surface area contributed by atoms with Gasteiger partial charge >= 0.3 is 5.97 Å². The van der Waals surface area contributed by atoms with Gasteiger partial charge in [0.1, 0.15) is 11.7 Å². The second-order valence-electron chi connectivity index (χ2n) is 4.29. The number of benzene rings is 2. The lowest BCUT2D eigenvalue weighted by molar-refractivity contribution is -0.137. The van der Waals surface area contributed by atoms with Crippen LogP contribution in [0.15, 0.2) is 42.5 Å². The van der Waals surface area contributed by atoms with E-state index in [2.05, 4.69) is 0 Å². The fraction of sp³-hybridized carbons (Fsp3) is 0.133. The predicted molar refractivity (Wildman–Crippen MR) is 69.0 cm³/mol. The summed E-state index contributed by atoms with van der Waals surface area (Å²) in [5, 5.41) is 9.50. The molecule has 0 aromatic heterocycles. The van der Waals surface area contributed by atoms with Gasteiger partial charge < -0.3 is 14.6 Å². The van der Waals surface area contributed by atoms with Crippen molar-refractivity contribution in [1.82, 2.24) is 0 Å². The molecule has 0 unspecified atom stereocenters. The highest BCUT2D eigenvalue weighted by molar-refractivity contribution is 5.84. The molecule has 1 atom stereocenters. The lowest BCUT2D eigenvalue weighted by Gasteiger charge is -2.26. The largest absolute Gasteiger partial charge is 0.493 e. The summed E-state index contributed by atoms with van der Waals surface area (Å²) in [6.45, 7) is 0. The van der Waals surface area contributed by atoms with E-state index in [-0.39, 0.29) is 0 Å². The molecule has 0 saturated heterocycles. The van der Waals surface area contributed by atoms with E-state index in [1.54, 1.807) is 30.3 Å². The third-order valence-electron chi connectivity index (χ3n) is 3.23. The molecular formula is C15H12O4. The Kier molecular flexibility index (Phi) is 2.63. The topological polar surface area (TPSA) is 55.8 Å². The van der Waals surface area contributed by atoms with Crippen LogP contribution in [0, 0.1) is 0 Å². The Morgan fingerprint density at radius 1 is 1.16 bits per heavy atom. The molecule has 1 aliphatic rings. The molecule has 2 aromatic carbocycles. The van der Waals surface area contributed by atoms with Crippen molar-refractivity contribution in [3.05, 3.63) is 53.6 Å². The summed E-state index contributed by atoms with van der Waals surface area (Å²) in [4.78, 5) is 11.6. The summed E-state index contributed by atoms with van der Waals surface area (Å²) >= 11 is 0. The van der Waals surface area contributed by atoms with E-state index in [4.69, 9.17) is 9.47 Å². The van der Waals surface area contributed by atoms with E-state index in [0.29, 0.717) is 28.4 Å². The lowest BCUT2D eigenvalue weighted by atomic mass is 9.88. The molecule has 4 nitrogen and oxygen atoms in total. The second-order valence-corrected chi connectivity index (χ2v) is 4.29. The third kappa shape index (κ3) is 1.73. The Labute approximate surface area is 110 Å². The van der Waals surface area contributed by atoms with E-state index >= 15 is 0 Å². The highest BCUT2D eigenvalue weighted by Gasteiger charge is 2.33. The van der Waals surface area contributed by atoms with Crippen LogP contribution in [0.4, 0.5) is 0 Å². The number of ether oxygens (including phenoxy) is 2. The Balaban J connectivity index is 2.25. The molecule has 4 heteroatoms. The quantitative estimate of drug-likeness (QED) is 0.897. The van der Waals surface area contributed by atoms with Crippen LogP contribution in [0.1, 0.15) is 17.0 Å². The summed E-state index contributed by atoms with van der Waals surface area (Å²) in [7, 11) is 1.54. The van der Waals surface area contributed by atoms with Gasteiger partial charge in [-0.15, -0.1) is 0 Å². The Morgan fingerprint density at radius 2 is 1.89 bits per heavy atom. The van der Waals surface area contributed by atoms with Crippen molar-refractivity contribution in [3.8, 4) is 17.2 Å². The van der Waals surface area contributed by atoms with Crippen LogP contribution in [-0.4, -0.2) is 18.2 Å². The Bertz CT molecular complexity index is 648. The molecule has 0 spiro atoms. The van der Waals surface area contributed by atoms with Crippen molar-refractivity contribution in [2.75, 3.05) is 7.11 Å². The van der Waals surface area contributed by atoms with E-state index in [9.17, 15) is 9.90 Å². The van der Waals surface area contributed by atoms with Gasteiger partial charge in [-0.3, -0.25) is 4.79 Å². The van der Waals surface area contributed by atoms with Crippen LogP contribution in [0.5, 0.6) is 17.2 Å². The van der Waals surface area contributed by atoms with Gasteiger partial charge in [-0.1, -0.05) is 30.3 Å². The number of carboxylic acid groups (broad SMARTS) is 1. The molecule has 96 valence electrons. The molecule has 19 heavy (non-hydrogen) atoms. The number of methoxy groups -OCH3 is 1. The standard InChI is InChI=1S/C15H12O4/c1-18-12-8-4-6-10-13(15(16)17)9-5-2-3-7-11(9)19-14(10)12/h2-8,13H,1H3,(H,16,17)/t13-/m0/s1. The van der Waals surface area contributed by atoms with Crippen molar-refractivity contribution >= 4 is 5.97 Å². The molecule has 1 aliphatic heterocycles. The van der Waals surface area contributed by atoms with E-state index in [1.165, 1.54) is 7.11 Å². The average molecular weight is 256 g/mol. The van der Waals surface area contributed by atoms with Crippen LogP contribution in [0.3, 0.4) is 0 Å².